The minimum atomic E-state index is 0.873. The first-order chi connectivity index (χ1) is 27.3. The molecule has 0 aliphatic carbocycles. The number of aromatic nitrogens is 5. The summed E-state index contributed by atoms with van der Waals surface area (Å²) in [5, 5.41) is 2.50. The lowest BCUT2D eigenvalue weighted by molar-refractivity contribution is 1.09. The Labute approximate surface area is 317 Å². The van der Waals surface area contributed by atoms with Crippen LogP contribution in [0, 0.1) is 0 Å². The van der Waals surface area contributed by atoms with Gasteiger partial charge in [0.25, 0.3) is 0 Å². The fraction of sp³-hybridized carbons (Fsp3) is 0. The van der Waals surface area contributed by atoms with Crippen LogP contribution in [0.5, 0.6) is 0 Å². The van der Waals surface area contributed by atoms with Gasteiger partial charge in [0.05, 0.1) is 33.1 Å². The maximum atomic E-state index is 5.36. The van der Waals surface area contributed by atoms with Crippen LogP contribution in [0.1, 0.15) is 0 Å². The van der Waals surface area contributed by atoms with Gasteiger partial charge in [-0.1, -0.05) is 121 Å². The smallest absolute Gasteiger partial charge is 0.146 e. The SMILES string of the molecule is c1ccc(-n2c(-c3ccc(-c4ccc(-n5c6ccccc6c6ccccc65)cc4)c(-c4nc5ccccc5n4-c4ccccc4)c3)nc3ccccc32)cc1. The predicted molar refractivity (Wildman–Crippen MR) is 226 cm³/mol. The van der Waals surface area contributed by atoms with E-state index < -0.39 is 0 Å². The van der Waals surface area contributed by atoms with Crippen molar-refractivity contribution in [1.82, 2.24) is 23.7 Å². The molecule has 0 bridgehead atoms. The largest absolute Gasteiger partial charge is 0.309 e. The third-order valence-corrected chi connectivity index (χ3v) is 10.7. The molecule has 11 aromatic rings. The molecular weight excluding hydrogens is 671 g/mol. The third kappa shape index (κ3) is 5.02. The second kappa shape index (κ2) is 12.6. The summed E-state index contributed by atoms with van der Waals surface area (Å²) in [6.45, 7) is 0. The van der Waals surface area contributed by atoms with Crippen LogP contribution in [-0.4, -0.2) is 23.7 Å². The summed E-state index contributed by atoms with van der Waals surface area (Å²) in [6, 6.07) is 70.7. The van der Waals surface area contributed by atoms with Gasteiger partial charge in [-0.05, 0) is 90.0 Å². The van der Waals surface area contributed by atoms with E-state index in [2.05, 4.69) is 208 Å². The monoisotopic (exact) mass is 703 g/mol. The van der Waals surface area contributed by atoms with Crippen LogP contribution in [0.15, 0.2) is 200 Å². The van der Waals surface area contributed by atoms with E-state index in [0.717, 1.165) is 73.0 Å². The first-order valence-electron chi connectivity index (χ1n) is 18.6. The van der Waals surface area contributed by atoms with Crippen molar-refractivity contribution in [3.05, 3.63) is 200 Å². The van der Waals surface area contributed by atoms with Gasteiger partial charge in [-0.25, -0.2) is 9.97 Å². The van der Waals surface area contributed by atoms with Gasteiger partial charge < -0.3 is 4.57 Å². The second-order valence-corrected chi connectivity index (χ2v) is 13.9. The van der Waals surface area contributed by atoms with Gasteiger partial charge >= 0.3 is 0 Å². The van der Waals surface area contributed by atoms with Crippen molar-refractivity contribution in [2.45, 2.75) is 0 Å². The lowest BCUT2D eigenvalue weighted by Gasteiger charge is -2.16. The molecule has 0 aliphatic rings. The molecule has 5 heteroatoms. The van der Waals surface area contributed by atoms with Gasteiger partial charge in [0, 0.05) is 39.0 Å². The molecule has 0 radical (unpaired) electrons. The second-order valence-electron chi connectivity index (χ2n) is 13.9. The van der Waals surface area contributed by atoms with Crippen molar-refractivity contribution in [1.29, 1.82) is 0 Å². The van der Waals surface area contributed by atoms with Crippen LogP contribution in [0.25, 0.3) is 94.8 Å². The summed E-state index contributed by atoms with van der Waals surface area (Å²) in [5.74, 6) is 1.75. The fourth-order valence-corrected chi connectivity index (χ4v) is 8.21. The summed E-state index contributed by atoms with van der Waals surface area (Å²) in [5.41, 5.74) is 13.9. The molecule has 3 aromatic heterocycles. The van der Waals surface area contributed by atoms with E-state index in [9.17, 15) is 0 Å². The highest BCUT2D eigenvalue weighted by atomic mass is 15.1. The molecular formula is C50H33N5. The molecule has 0 saturated heterocycles. The zero-order valence-electron chi connectivity index (χ0n) is 29.8. The van der Waals surface area contributed by atoms with E-state index in [1.54, 1.807) is 0 Å². The third-order valence-electron chi connectivity index (χ3n) is 10.7. The van der Waals surface area contributed by atoms with E-state index in [-0.39, 0.29) is 0 Å². The molecule has 8 aromatic carbocycles. The molecule has 3 heterocycles. The van der Waals surface area contributed by atoms with Crippen molar-refractivity contribution in [2.75, 3.05) is 0 Å². The number of benzene rings is 8. The Morgan fingerprint density at radius 3 is 1.31 bits per heavy atom. The minimum Gasteiger partial charge on any atom is -0.309 e. The maximum absolute atomic E-state index is 5.36. The number of imidazole rings is 2. The Morgan fingerprint density at radius 2 is 0.727 bits per heavy atom. The van der Waals surface area contributed by atoms with Crippen molar-refractivity contribution >= 4 is 43.9 Å². The lowest BCUT2D eigenvalue weighted by atomic mass is 9.96. The van der Waals surface area contributed by atoms with E-state index in [0.29, 0.717) is 0 Å². The van der Waals surface area contributed by atoms with Gasteiger partial charge in [0.15, 0.2) is 0 Å². The summed E-state index contributed by atoms with van der Waals surface area (Å²) in [6.07, 6.45) is 0. The van der Waals surface area contributed by atoms with Gasteiger partial charge in [-0.2, -0.15) is 0 Å². The summed E-state index contributed by atoms with van der Waals surface area (Å²) >= 11 is 0. The van der Waals surface area contributed by atoms with Crippen LogP contribution in [-0.2, 0) is 0 Å². The average Bonchev–Trinajstić information content (AvgIpc) is 3.95. The van der Waals surface area contributed by atoms with Crippen LogP contribution in [0.3, 0.4) is 0 Å². The number of nitrogens with zero attached hydrogens (tertiary/aromatic N) is 5. The van der Waals surface area contributed by atoms with Crippen LogP contribution in [0.4, 0.5) is 0 Å². The summed E-state index contributed by atoms with van der Waals surface area (Å²) in [4.78, 5) is 10.6. The van der Waals surface area contributed by atoms with E-state index in [1.165, 1.54) is 21.8 Å². The van der Waals surface area contributed by atoms with Gasteiger partial charge in [0.2, 0.25) is 0 Å². The molecule has 0 atom stereocenters. The molecule has 0 saturated carbocycles. The van der Waals surface area contributed by atoms with Crippen LogP contribution >= 0.6 is 0 Å². The molecule has 0 N–H and O–H groups in total. The number of hydrogen-bond donors (Lipinski definition) is 0. The van der Waals surface area contributed by atoms with Crippen LogP contribution in [0.2, 0.25) is 0 Å². The first kappa shape index (κ1) is 31.1. The average molecular weight is 704 g/mol. The number of hydrogen-bond acceptors (Lipinski definition) is 2. The molecule has 0 fully saturated rings. The number of fused-ring (bicyclic) bond motifs is 5. The Kier molecular flexibility index (Phi) is 7.10. The zero-order valence-corrected chi connectivity index (χ0v) is 29.8. The molecule has 55 heavy (non-hydrogen) atoms. The van der Waals surface area contributed by atoms with Gasteiger partial charge in [0.1, 0.15) is 11.6 Å². The quantitative estimate of drug-likeness (QED) is 0.173. The van der Waals surface area contributed by atoms with Crippen molar-refractivity contribution in [3.8, 4) is 51.0 Å². The standard InChI is InChI=1S/C50H33N5/c1-3-15-36(16-4-1)54-47-25-13-9-21-43(47)51-49(54)35-29-32-39(42(33-35)50-52-44-22-10-14-26-48(44)55(50)37-17-5-2-6-18-37)34-27-30-38(31-28-34)53-45-23-11-7-19-40(45)41-20-8-12-24-46(41)53/h1-33H. The molecule has 5 nitrogen and oxygen atoms in total. The summed E-state index contributed by atoms with van der Waals surface area (Å²) < 4.78 is 6.90. The van der Waals surface area contributed by atoms with Crippen molar-refractivity contribution < 1.29 is 0 Å². The molecule has 258 valence electrons. The lowest BCUT2D eigenvalue weighted by Crippen LogP contribution is -2.01. The molecule has 0 spiro atoms. The Morgan fingerprint density at radius 1 is 0.291 bits per heavy atom. The normalized spacial score (nSPS) is 11.6. The van der Waals surface area contributed by atoms with E-state index in [1.807, 2.05) is 6.07 Å². The van der Waals surface area contributed by atoms with Gasteiger partial charge in [-0.15, -0.1) is 0 Å². The molecule has 11 rings (SSSR count). The fourth-order valence-electron chi connectivity index (χ4n) is 8.21. The highest BCUT2D eigenvalue weighted by Crippen LogP contribution is 2.40. The maximum Gasteiger partial charge on any atom is 0.146 e. The number of para-hydroxylation sites is 8. The molecule has 0 unspecified atom stereocenters. The minimum absolute atomic E-state index is 0.873. The van der Waals surface area contributed by atoms with Crippen molar-refractivity contribution in [3.63, 3.8) is 0 Å². The first-order valence-corrected chi connectivity index (χ1v) is 18.6. The Bertz CT molecular complexity index is 3130. The van der Waals surface area contributed by atoms with Crippen LogP contribution < -0.4 is 0 Å². The zero-order chi connectivity index (χ0) is 36.3. The predicted octanol–water partition coefficient (Wildman–Crippen LogP) is 12.5. The highest BCUT2D eigenvalue weighted by Gasteiger charge is 2.22. The van der Waals surface area contributed by atoms with Gasteiger partial charge in [-0.3, -0.25) is 9.13 Å². The Balaban J connectivity index is 1.15. The van der Waals surface area contributed by atoms with E-state index in [4.69, 9.17) is 9.97 Å². The highest BCUT2D eigenvalue weighted by molar-refractivity contribution is 6.09. The van der Waals surface area contributed by atoms with E-state index >= 15 is 0 Å². The number of rotatable bonds is 6. The molecule has 0 amide bonds. The van der Waals surface area contributed by atoms with Crippen molar-refractivity contribution in [2.24, 2.45) is 0 Å². The molecule has 0 aliphatic heterocycles. The summed E-state index contributed by atoms with van der Waals surface area (Å²) in [7, 11) is 0. The topological polar surface area (TPSA) is 40.6 Å². The Hall–Kier alpha value is -7.50.